The highest BCUT2D eigenvalue weighted by Crippen LogP contribution is 2.34. The zero-order valence-electron chi connectivity index (χ0n) is 27.2. The van der Waals surface area contributed by atoms with E-state index in [1.54, 1.807) is 24.3 Å². The quantitative estimate of drug-likeness (QED) is 0.0607. The first-order valence-corrected chi connectivity index (χ1v) is 17.5. The molecule has 0 fully saturated rings. The maximum absolute atomic E-state index is 13.3. The topological polar surface area (TPSA) is 65.1 Å². The molecule has 0 saturated heterocycles. The molecule has 1 aromatic carbocycles. The van der Waals surface area contributed by atoms with Crippen LogP contribution in [0.4, 0.5) is 0 Å². The predicted molar refractivity (Wildman–Crippen MR) is 189 cm³/mol. The summed E-state index contributed by atoms with van der Waals surface area (Å²) in [6, 6.07) is 8.76. The molecule has 1 unspecified atom stereocenters. The van der Waals surface area contributed by atoms with E-state index in [0.717, 1.165) is 44.9 Å². The Hall–Kier alpha value is -3.23. The molecule has 3 rings (SSSR count). The summed E-state index contributed by atoms with van der Waals surface area (Å²) in [6.45, 7) is 4.78. The van der Waals surface area contributed by atoms with Crippen molar-refractivity contribution in [3.05, 3.63) is 117 Å². The van der Waals surface area contributed by atoms with E-state index in [-0.39, 0.29) is 19.2 Å². The van der Waals surface area contributed by atoms with Crippen molar-refractivity contribution in [1.29, 1.82) is 0 Å². The molecule has 0 N–H and O–H groups in total. The lowest BCUT2D eigenvalue weighted by molar-refractivity contribution is -0.202. The Kier molecular flexibility index (Phi) is 18.1. The molecule has 1 aliphatic rings. The fourth-order valence-electron chi connectivity index (χ4n) is 4.94. The fourth-order valence-corrected chi connectivity index (χ4v) is 6.07. The molecule has 6 nitrogen and oxygen atoms in total. The molecule has 0 radical (unpaired) electrons. The Morgan fingerprint density at radius 1 is 0.935 bits per heavy atom. The van der Waals surface area contributed by atoms with Crippen molar-refractivity contribution in [2.75, 3.05) is 13.3 Å². The third-order valence-corrected chi connectivity index (χ3v) is 8.70. The Bertz CT molecular complexity index is 1340. The molecule has 0 saturated carbocycles. The zero-order valence-corrected chi connectivity index (χ0v) is 28.7. The van der Waals surface area contributed by atoms with Gasteiger partial charge in [0, 0.05) is 29.4 Å². The highest BCUT2D eigenvalue weighted by atomic mass is 35.5. The summed E-state index contributed by atoms with van der Waals surface area (Å²) in [5.41, 5.74) is 1.92. The number of nitrogens with zero attached hydrogens (tertiary/aromatic N) is 1. The third kappa shape index (κ3) is 14.0. The summed E-state index contributed by atoms with van der Waals surface area (Å²) in [6.07, 6.45) is 28.3. The van der Waals surface area contributed by atoms with Crippen LogP contribution in [0.1, 0.15) is 87.3 Å². The number of thiophene rings is 1. The summed E-state index contributed by atoms with van der Waals surface area (Å²) in [7, 11) is 0. The molecule has 0 spiro atoms. The summed E-state index contributed by atoms with van der Waals surface area (Å²) < 4.78 is 16.4. The molecule has 0 amide bonds. The van der Waals surface area contributed by atoms with Crippen molar-refractivity contribution in [3.8, 4) is 0 Å². The molecule has 2 aromatic rings. The first kappa shape index (κ1) is 37.2. The van der Waals surface area contributed by atoms with Crippen LogP contribution in [0.5, 0.6) is 0 Å². The zero-order chi connectivity index (χ0) is 32.8. The number of halogens is 1. The van der Waals surface area contributed by atoms with Gasteiger partial charge in [0.05, 0.1) is 0 Å². The van der Waals surface area contributed by atoms with Gasteiger partial charge in [0.2, 0.25) is 6.29 Å². The number of carbonyl (C=O) groups is 2. The molecule has 0 bridgehead atoms. The van der Waals surface area contributed by atoms with Gasteiger partial charge in [0.15, 0.2) is 6.79 Å². The van der Waals surface area contributed by atoms with Crippen molar-refractivity contribution in [2.45, 2.75) is 90.5 Å². The Morgan fingerprint density at radius 3 is 2.26 bits per heavy atom. The van der Waals surface area contributed by atoms with Gasteiger partial charge in [-0.1, -0.05) is 97.5 Å². The number of rotatable bonds is 20. The van der Waals surface area contributed by atoms with E-state index in [0.29, 0.717) is 30.1 Å². The van der Waals surface area contributed by atoms with E-state index in [2.05, 4.69) is 84.0 Å². The molecule has 0 aliphatic carbocycles. The van der Waals surface area contributed by atoms with Gasteiger partial charge in [0.1, 0.15) is 6.04 Å². The van der Waals surface area contributed by atoms with Gasteiger partial charge < -0.3 is 14.2 Å². The lowest BCUT2D eigenvalue weighted by Gasteiger charge is -2.33. The maximum Gasteiger partial charge on any atom is 0.330 e. The van der Waals surface area contributed by atoms with Crippen molar-refractivity contribution >= 4 is 34.9 Å². The minimum atomic E-state index is -0.837. The predicted octanol–water partition coefficient (Wildman–Crippen LogP) is 9.83. The maximum atomic E-state index is 13.3. The van der Waals surface area contributed by atoms with Crippen LogP contribution >= 0.6 is 22.9 Å². The summed E-state index contributed by atoms with van der Waals surface area (Å²) in [5, 5.41) is 2.59. The van der Waals surface area contributed by atoms with Crippen LogP contribution < -0.4 is 0 Å². The second kappa shape index (κ2) is 22.3. The molecular weight excluding hydrogens is 618 g/mol. The molecule has 1 aromatic heterocycles. The highest BCUT2D eigenvalue weighted by Gasteiger charge is 2.33. The van der Waals surface area contributed by atoms with Crippen LogP contribution in [0, 0.1) is 0 Å². The molecule has 46 heavy (non-hydrogen) atoms. The van der Waals surface area contributed by atoms with Crippen molar-refractivity contribution in [1.82, 2.24) is 4.90 Å². The van der Waals surface area contributed by atoms with E-state index in [4.69, 9.17) is 25.8 Å². The third-order valence-electron chi connectivity index (χ3n) is 7.34. The SMILES string of the molecule is CC/C=C\C/C=C\C/C=C\C/C=C\C/C=C\CCCC(=O)OC(C)OCOC(=O)[C@H](c1ccccc1Cl)N1CCc2sccc2C1. The lowest BCUT2D eigenvalue weighted by atomic mass is 10.0. The van der Waals surface area contributed by atoms with Crippen molar-refractivity contribution in [2.24, 2.45) is 0 Å². The minimum absolute atomic E-state index is 0.288. The molecule has 2 atom stereocenters. The minimum Gasteiger partial charge on any atom is -0.437 e. The first-order valence-electron chi connectivity index (χ1n) is 16.3. The molecule has 8 heteroatoms. The number of hydrogen-bond donors (Lipinski definition) is 0. The van der Waals surface area contributed by atoms with Crippen molar-refractivity contribution < 1.29 is 23.8 Å². The number of hydrogen-bond acceptors (Lipinski definition) is 7. The average molecular weight is 666 g/mol. The van der Waals surface area contributed by atoms with Gasteiger partial charge >= 0.3 is 11.9 Å². The highest BCUT2D eigenvalue weighted by molar-refractivity contribution is 7.10. The fraction of sp³-hybridized carbons (Fsp3) is 0.421. The number of benzene rings is 1. The second-order valence-corrected chi connectivity index (χ2v) is 12.3. The Labute approximate surface area is 284 Å². The average Bonchev–Trinajstić information content (AvgIpc) is 3.52. The first-order chi connectivity index (χ1) is 22.5. The summed E-state index contributed by atoms with van der Waals surface area (Å²) >= 11 is 8.24. The standard InChI is InChI=1S/C38H48ClNO5S/c1-3-4-5-6-7-8-9-10-11-12-13-14-15-16-17-18-19-24-36(41)45-31(2)43-30-44-38(42)37(33-22-20-21-23-34(33)39)40-27-25-35-32(29-40)26-28-46-35/h4-5,7-8,10-11,13-14,16-17,20-23,26,28,31,37H,3,6,9,12,15,18-19,24-25,27,29-30H2,1-2H3/b5-4-,8-7-,11-10-,14-13-,17-16-/t31?,37-/m0/s1. The summed E-state index contributed by atoms with van der Waals surface area (Å²) in [4.78, 5) is 29.0. The number of unbranched alkanes of at least 4 members (excludes halogenated alkanes) is 1. The van der Waals surface area contributed by atoms with Gasteiger partial charge in [-0.3, -0.25) is 9.69 Å². The molecule has 2 heterocycles. The van der Waals surface area contributed by atoms with Crippen LogP contribution in [0.2, 0.25) is 5.02 Å². The van der Waals surface area contributed by atoms with Crippen LogP contribution in [0.3, 0.4) is 0 Å². The van der Waals surface area contributed by atoms with Gasteiger partial charge in [-0.2, -0.15) is 0 Å². The van der Waals surface area contributed by atoms with E-state index in [1.165, 1.54) is 10.4 Å². The van der Waals surface area contributed by atoms with Crippen LogP contribution in [0.25, 0.3) is 0 Å². The summed E-state index contributed by atoms with van der Waals surface area (Å²) in [5.74, 6) is -0.803. The number of carbonyl (C=O) groups excluding carboxylic acids is 2. The van der Waals surface area contributed by atoms with Gasteiger partial charge in [0.25, 0.3) is 0 Å². The molecule has 248 valence electrons. The van der Waals surface area contributed by atoms with E-state index >= 15 is 0 Å². The van der Waals surface area contributed by atoms with Gasteiger partial charge in [-0.15, -0.1) is 11.3 Å². The number of allylic oxidation sites excluding steroid dienone is 10. The van der Waals surface area contributed by atoms with Gasteiger partial charge in [-0.05, 0) is 86.9 Å². The smallest absolute Gasteiger partial charge is 0.330 e. The number of esters is 2. The second-order valence-electron chi connectivity index (χ2n) is 10.9. The molecular formula is C38H48ClNO5S. The Balaban J connectivity index is 1.28. The monoisotopic (exact) mass is 665 g/mol. The normalized spacial score (nSPS) is 15.4. The van der Waals surface area contributed by atoms with E-state index in [1.807, 2.05) is 18.2 Å². The number of ether oxygens (including phenoxy) is 3. The Morgan fingerprint density at radius 2 is 1.59 bits per heavy atom. The molecule has 1 aliphatic heterocycles. The lowest BCUT2D eigenvalue weighted by Crippen LogP contribution is -2.39. The van der Waals surface area contributed by atoms with Crippen molar-refractivity contribution in [3.63, 3.8) is 0 Å². The van der Waals surface area contributed by atoms with Crippen LogP contribution in [0.15, 0.2) is 96.5 Å². The van der Waals surface area contributed by atoms with E-state index < -0.39 is 18.3 Å². The van der Waals surface area contributed by atoms with Gasteiger partial charge in [-0.25, -0.2) is 4.79 Å². The van der Waals surface area contributed by atoms with E-state index in [9.17, 15) is 9.59 Å². The largest absolute Gasteiger partial charge is 0.437 e. The van der Waals surface area contributed by atoms with Crippen LogP contribution in [-0.4, -0.2) is 36.5 Å². The van der Waals surface area contributed by atoms with Crippen LogP contribution in [-0.2, 0) is 36.8 Å². The number of fused-ring (bicyclic) bond motifs is 1.